The minimum Gasteiger partial charge on any atom is -0.203 e. The summed E-state index contributed by atoms with van der Waals surface area (Å²) < 4.78 is 0. The van der Waals surface area contributed by atoms with E-state index in [2.05, 4.69) is 126 Å². The van der Waals surface area contributed by atoms with Crippen molar-refractivity contribution >= 4 is 22.6 Å². The molecule has 0 heterocycles. The van der Waals surface area contributed by atoms with Gasteiger partial charge in [-0.25, -0.2) is 12.1 Å². The molecule has 0 unspecified atom stereocenters. The Kier molecular flexibility index (Phi) is 11.4. The van der Waals surface area contributed by atoms with Gasteiger partial charge in [-0.1, -0.05) is 99.5 Å². The summed E-state index contributed by atoms with van der Waals surface area (Å²) in [6.45, 7) is 12.9. The first-order valence-electron chi connectivity index (χ1n) is 10.8. The van der Waals surface area contributed by atoms with Crippen molar-refractivity contribution in [3.63, 3.8) is 0 Å². The van der Waals surface area contributed by atoms with Crippen LogP contribution in [0.3, 0.4) is 0 Å². The van der Waals surface area contributed by atoms with E-state index in [4.69, 9.17) is 17.2 Å². The smallest absolute Gasteiger partial charge is 0.0623 e. The summed E-state index contributed by atoms with van der Waals surface area (Å²) in [7, 11) is 11.3. The Morgan fingerprint density at radius 3 is 1.16 bits per heavy atom. The summed E-state index contributed by atoms with van der Waals surface area (Å²) in [5, 5.41) is 0. The van der Waals surface area contributed by atoms with Crippen LogP contribution in [0.1, 0.15) is 22.3 Å². The Balaban J connectivity index is 0.000000183. The predicted octanol–water partition coefficient (Wildman–Crippen LogP) is 9.54. The van der Waals surface area contributed by atoms with Crippen LogP contribution in [-0.4, -0.2) is 5.49 Å². The molecule has 0 nitrogen and oxygen atoms in total. The van der Waals surface area contributed by atoms with Gasteiger partial charge in [-0.05, 0) is 0 Å². The minimum atomic E-state index is -1.78. The molecule has 0 aliphatic heterocycles. The van der Waals surface area contributed by atoms with Crippen LogP contribution >= 0.6 is 17.2 Å². The van der Waals surface area contributed by atoms with Crippen LogP contribution in [-0.2, 0) is 17.7 Å². The zero-order valence-electron chi connectivity index (χ0n) is 19.8. The van der Waals surface area contributed by atoms with E-state index in [-0.39, 0.29) is 5.49 Å². The van der Waals surface area contributed by atoms with Gasteiger partial charge in [0, 0.05) is 0 Å². The van der Waals surface area contributed by atoms with E-state index >= 15 is 0 Å². The first-order chi connectivity index (χ1) is 15.2. The third-order valence-corrected chi connectivity index (χ3v) is 32.5. The molecule has 0 aliphatic carbocycles. The van der Waals surface area contributed by atoms with Crippen LogP contribution in [0.25, 0.3) is 22.3 Å². The normalized spacial score (nSPS) is 9.88. The van der Waals surface area contributed by atoms with Crippen LogP contribution < -0.4 is 0 Å². The van der Waals surface area contributed by atoms with E-state index in [0.717, 1.165) is 0 Å². The zero-order valence-corrected chi connectivity index (χ0v) is 25.9. The van der Waals surface area contributed by atoms with Crippen molar-refractivity contribution in [2.75, 3.05) is 0 Å². The summed E-state index contributed by atoms with van der Waals surface area (Å²) in [6, 6.07) is 30.0. The van der Waals surface area contributed by atoms with E-state index in [1.807, 2.05) is 0 Å². The van der Waals surface area contributed by atoms with Gasteiger partial charge in [-0.15, -0.1) is 0 Å². The molecular formula is C28H32Cl2HfSi-2. The second-order valence-electron chi connectivity index (χ2n) is 8.25. The number of hydrogen-bond donors (Lipinski definition) is 0. The van der Waals surface area contributed by atoms with Crippen molar-refractivity contribution in [3.8, 4) is 22.3 Å². The van der Waals surface area contributed by atoms with Crippen molar-refractivity contribution in [3.05, 3.63) is 107 Å². The summed E-state index contributed by atoms with van der Waals surface area (Å²) >= 11 is -1.78. The Bertz CT molecular complexity index is 1040. The van der Waals surface area contributed by atoms with Crippen molar-refractivity contribution in [2.24, 2.45) is 0 Å². The number of benzene rings is 2. The van der Waals surface area contributed by atoms with Crippen molar-refractivity contribution in [2.45, 2.75) is 40.8 Å². The van der Waals surface area contributed by atoms with Crippen LogP contribution in [0.15, 0.2) is 84.9 Å². The molecule has 0 atom stereocenters. The molecule has 0 saturated heterocycles. The van der Waals surface area contributed by atoms with E-state index in [1.54, 1.807) is 0 Å². The standard InChI is InChI=1S/2C13H13.C2H6Si.2ClH.Hf/c2*1-10-8-11(2)13(9-10)12-6-4-3-5-7-12;1-3-2;;;/h2*3-9H,1-2H3;1-2H3;2*1H;/q2*-1;;;;+2/p-2. The monoisotopic (exact) mass is 646 g/mol. The third-order valence-electron chi connectivity index (χ3n) is 5.03. The van der Waals surface area contributed by atoms with Gasteiger partial charge in [-0.2, -0.15) is 45.5 Å². The SMILES string of the molecule is C[Si](C)=[Hf]([Cl])[Cl].Cc1cc(-c2ccccc2)c(C)[cH-]1.Cc1cc(-c2ccccc2)c(C)[cH-]1. The second-order valence-corrected chi connectivity index (χ2v) is 40.0. The number of halogens is 2. The van der Waals surface area contributed by atoms with Gasteiger partial charge in [-0.3, -0.25) is 0 Å². The maximum atomic E-state index is 5.64. The van der Waals surface area contributed by atoms with Gasteiger partial charge in [0.25, 0.3) is 0 Å². The molecule has 0 aromatic heterocycles. The Labute approximate surface area is 209 Å². The fourth-order valence-electron chi connectivity index (χ4n) is 3.46. The molecule has 168 valence electrons. The number of rotatable bonds is 2. The van der Waals surface area contributed by atoms with Crippen LogP contribution in [0, 0.1) is 27.7 Å². The summed E-state index contributed by atoms with van der Waals surface area (Å²) in [5.74, 6) is 0. The van der Waals surface area contributed by atoms with E-state index in [1.165, 1.54) is 44.5 Å². The molecule has 4 heteroatoms. The average molecular weight is 646 g/mol. The van der Waals surface area contributed by atoms with Crippen molar-refractivity contribution in [1.82, 2.24) is 0 Å². The molecule has 0 N–H and O–H groups in total. The van der Waals surface area contributed by atoms with Crippen molar-refractivity contribution < 1.29 is 17.7 Å². The van der Waals surface area contributed by atoms with E-state index in [0.29, 0.717) is 0 Å². The Hall–Kier alpha value is -1.19. The summed E-state index contributed by atoms with van der Waals surface area (Å²) in [4.78, 5) is 0. The fraction of sp³-hybridized carbons (Fsp3) is 0.214. The largest absolute Gasteiger partial charge is 0.203 e. The number of hydrogen-bond acceptors (Lipinski definition) is 0. The third kappa shape index (κ3) is 8.63. The Morgan fingerprint density at radius 2 is 0.938 bits per heavy atom. The molecule has 4 rings (SSSR count). The molecule has 0 radical (unpaired) electrons. The second kappa shape index (κ2) is 13.5. The zero-order chi connectivity index (χ0) is 23.7. The number of aryl methyl sites for hydroxylation is 4. The molecule has 4 aromatic carbocycles. The Morgan fingerprint density at radius 1 is 0.625 bits per heavy atom. The molecule has 0 bridgehead atoms. The van der Waals surface area contributed by atoms with Gasteiger partial charge in [0.1, 0.15) is 0 Å². The maximum Gasteiger partial charge on any atom is -0.0623 e. The quantitative estimate of drug-likeness (QED) is 0.150. The molecule has 4 aromatic rings. The van der Waals surface area contributed by atoms with E-state index in [9.17, 15) is 0 Å². The van der Waals surface area contributed by atoms with Crippen LogP contribution in [0.2, 0.25) is 13.1 Å². The van der Waals surface area contributed by atoms with Gasteiger partial charge in [0.05, 0.1) is 0 Å². The topological polar surface area (TPSA) is 0 Å². The van der Waals surface area contributed by atoms with Crippen LogP contribution in [0.4, 0.5) is 0 Å². The van der Waals surface area contributed by atoms with Gasteiger partial charge >= 0.3 is 53.4 Å². The summed E-state index contributed by atoms with van der Waals surface area (Å²) in [6.07, 6.45) is 0. The van der Waals surface area contributed by atoms with Crippen LogP contribution in [0.5, 0.6) is 0 Å². The minimum absolute atomic E-state index is 0.208. The molecule has 0 spiro atoms. The van der Waals surface area contributed by atoms with Gasteiger partial charge in [0.15, 0.2) is 0 Å². The van der Waals surface area contributed by atoms with Gasteiger partial charge < -0.3 is 0 Å². The molecular weight excluding hydrogens is 614 g/mol. The molecule has 0 fully saturated rings. The average Bonchev–Trinajstić information content (AvgIpc) is 3.29. The maximum absolute atomic E-state index is 5.64. The predicted molar refractivity (Wildman–Crippen MR) is 143 cm³/mol. The van der Waals surface area contributed by atoms with Crippen molar-refractivity contribution in [1.29, 1.82) is 0 Å². The molecule has 0 saturated carbocycles. The van der Waals surface area contributed by atoms with E-state index < -0.39 is 17.7 Å². The van der Waals surface area contributed by atoms with Gasteiger partial charge in [0.2, 0.25) is 0 Å². The fourth-order valence-corrected chi connectivity index (χ4v) is 3.46. The first kappa shape index (κ1) is 27.1. The molecule has 0 aliphatic rings. The first-order valence-corrected chi connectivity index (χ1v) is 27.6. The molecule has 0 amide bonds. The molecule has 32 heavy (non-hydrogen) atoms. The summed E-state index contributed by atoms with van der Waals surface area (Å²) in [5.41, 5.74) is 10.6.